The lowest BCUT2D eigenvalue weighted by molar-refractivity contribution is 0.795. The number of benzene rings is 1. The molecule has 0 aliphatic carbocycles. The summed E-state index contributed by atoms with van der Waals surface area (Å²) >= 11 is 1.69. The smallest absolute Gasteiger partial charge is 0.0970 e. The van der Waals surface area contributed by atoms with Crippen molar-refractivity contribution in [2.75, 3.05) is 17.6 Å². The normalized spacial score (nSPS) is 12.4. The van der Waals surface area contributed by atoms with Crippen LogP contribution in [0.4, 0.5) is 11.4 Å². The molecule has 0 radical (unpaired) electrons. The highest BCUT2D eigenvalue weighted by Crippen LogP contribution is 2.24. The molecule has 1 aromatic heterocycles. The molecule has 0 saturated carbocycles. The number of thiazole rings is 1. The number of rotatable bonds is 4. The third-order valence-corrected chi connectivity index (χ3v) is 3.77. The zero-order chi connectivity index (χ0) is 12.3. The van der Waals surface area contributed by atoms with Crippen molar-refractivity contribution in [3.8, 4) is 0 Å². The minimum atomic E-state index is 0.397. The monoisotopic (exact) mass is 247 g/mol. The summed E-state index contributed by atoms with van der Waals surface area (Å²) in [6.45, 7) is 5.08. The molecule has 3 N–H and O–H groups in total. The number of nitrogens with two attached hydrogens (primary N) is 1. The second-order valence-electron chi connectivity index (χ2n) is 4.19. The Morgan fingerprint density at radius 1 is 1.47 bits per heavy atom. The number of aryl methyl sites for hydroxylation is 1. The average molecular weight is 247 g/mol. The van der Waals surface area contributed by atoms with E-state index >= 15 is 0 Å². The van der Waals surface area contributed by atoms with Crippen molar-refractivity contribution in [2.24, 2.45) is 0 Å². The quantitative estimate of drug-likeness (QED) is 0.815. The van der Waals surface area contributed by atoms with Crippen molar-refractivity contribution in [1.82, 2.24) is 4.98 Å². The van der Waals surface area contributed by atoms with Gasteiger partial charge in [-0.3, -0.25) is 0 Å². The molecule has 2 rings (SSSR count). The summed E-state index contributed by atoms with van der Waals surface area (Å²) in [5.74, 6) is 0.397. The van der Waals surface area contributed by atoms with Crippen LogP contribution in [0.3, 0.4) is 0 Å². The van der Waals surface area contributed by atoms with E-state index in [0.717, 1.165) is 22.9 Å². The molecule has 0 amide bonds. The number of nitrogen functional groups attached to an aromatic ring is 1. The van der Waals surface area contributed by atoms with Crippen molar-refractivity contribution < 1.29 is 0 Å². The Hall–Kier alpha value is -1.55. The molecular weight excluding hydrogens is 230 g/mol. The van der Waals surface area contributed by atoms with Gasteiger partial charge in [0, 0.05) is 24.0 Å². The third kappa shape index (κ3) is 2.77. The highest BCUT2D eigenvalue weighted by molar-refractivity contribution is 7.09. The molecule has 0 aliphatic rings. The van der Waals surface area contributed by atoms with E-state index in [1.54, 1.807) is 11.3 Å². The second-order valence-corrected chi connectivity index (χ2v) is 5.12. The first-order valence-electron chi connectivity index (χ1n) is 5.67. The van der Waals surface area contributed by atoms with Gasteiger partial charge in [-0.1, -0.05) is 19.1 Å². The van der Waals surface area contributed by atoms with Crippen LogP contribution in [0.15, 0.2) is 29.8 Å². The van der Waals surface area contributed by atoms with Crippen LogP contribution in [0.2, 0.25) is 0 Å². The van der Waals surface area contributed by atoms with Crippen LogP contribution in [0.25, 0.3) is 0 Å². The van der Waals surface area contributed by atoms with Gasteiger partial charge < -0.3 is 11.1 Å². The van der Waals surface area contributed by atoms with E-state index in [9.17, 15) is 0 Å². The minimum absolute atomic E-state index is 0.397. The van der Waals surface area contributed by atoms with Crippen LogP contribution >= 0.6 is 11.3 Å². The largest absolute Gasteiger partial charge is 0.397 e. The molecule has 0 fully saturated rings. The molecule has 1 aromatic carbocycles. The highest BCUT2D eigenvalue weighted by Gasteiger charge is 2.09. The van der Waals surface area contributed by atoms with Crippen LogP contribution in [-0.2, 0) is 0 Å². The summed E-state index contributed by atoms with van der Waals surface area (Å²) < 4.78 is 0. The molecule has 3 nitrogen and oxygen atoms in total. The van der Waals surface area contributed by atoms with Gasteiger partial charge in [0.1, 0.15) is 0 Å². The molecule has 0 bridgehead atoms. The van der Waals surface area contributed by atoms with Crippen LogP contribution < -0.4 is 11.1 Å². The summed E-state index contributed by atoms with van der Waals surface area (Å²) in [6, 6.07) is 5.95. The Morgan fingerprint density at radius 2 is 2.29 bits per heavy atom. The van der Waals surface area contributed by atoms with Gasteiger partial charge in [-0.2, -0.15) is 0 Å². The van der Waals surface area contributed by atoms with E-state index in [2.05, 4.69) is 30.2 Å². The topological polar surface area (TPSA) is 50.9 Å². The van der Waals surface area contributed by atoms with E-state index in [1.807, 2.05) is 23.7 Å². The predicted octanol–water partition coefficient (Wildman–Crippen LogP) is 3.25. The first kappa shape index (κ1) is 11.9. The number of aromatic nitrogens is 1. The standard InChI is InChI=1S/C13H17N3S/c1-9-4-3-5-11(14)12(9)16-8-10(2)13-15-6-7-17-13/h3-7,10,16H,8,14H2,1-2H3. The van der Waals surface area contributed by atoms with Crippen molar-refractivity contribution in [1.29, 1.82) is 0 Å². The van der Waals surface area contributed by atoms with Gasteiger partial charge in [0.05, 0.1) is 16.4 Å². The molecule has 17 heavy (non-hydrogen) atoms. The fraction of sp³-hybridized carbons (Fsp3) is 0.308. The fourth-order valence-electron chi connectivity index (χ4n) is 1.75. The maximum Gasteiger partial charge on any atom is 0.0970 e. The molecular formula is C13H17N3S. The van der Waals surface area contributed by atoms with Crippen molar-refractivity contribution in [3.05, 3.63) is 40.3 Å². The van der Waals surface area contributed by atoms with Crippen LogP contribution in [0.5, 0.6) is 0 Å². The Balaban J connectivity index is 2.03. The Labute approximate surface area is 106 Å². The van der Waals surface area contributed by atoms with E-state index < -0.39 is 0 Å². The Morgan fingerprint density at radius 3 is 2.94 bits per heavy atom. The molecule has 0 aliphatic heterocycles. The molecule has 1 unspecified atom stereocenters. The summed E-state index contributed by atoms with van der Waals surface area (Å²) in [5, 5.41) is 6.58. The lowest BCUT2D eigenvalue weighted by atomic mass is 10.1. The van der Waals surface area contributed by atoms with Crippen LogP contribution in [-0.4, -0.2) is 11.5 Å². The number of hydrogen-bond acceptors (Lipinski definition) is 4. The summed E-state index contributed by atoms with van der Waals surface area (Å²) in [5.41, 5.74) is 8.97. The lowest BCUT2D eigenvalue weighted by Crippen LogP contribution is -2.11. The highest BCUT2D eigenvalue weighted by atomic mass is 32.1. The summed E-state index contributed by atoms with van der Waals surface area (Å²) in [6.07, 6.45) is 1.85. The van der Waals surface area contributed by atoms with E-state index in [0.29, 0.717) is 5.92 Å². The fourth-order valence-corrected chi connectivity index (χ4v) is 2.45. The first-order chi connectivity index (χ1) is 8.18. The predicted molar refractivity (Wildman–Crippen MR) is 74.6 cm³/mol. The average Bonchev–Trinajstić information content (AvgIpc) is 2.81. The van der Waals surface area contributed by atoms with Crippen molar-refractivity contribution in [2.45, 2.75) is 19.8 Å². The second kappa shape index (κ2) is 5.19. The van der Waals surface area contributed by atoms with Gasteiger partial charge in [-0.15, -0.1) is 11.3 Å². The maximum atomic E-state index is 5.95. The maximum absolute atomic E-state index is 5.95. The number of nitrogens with one attached hydrogen (secondary N) is 1. The molecule has 0 saturated heterocycles. The summed E-state index contributed by atoms with van der Waals surface area (Å²) in [4.78, 5) is 4.32. The van der Waals surface area contributed by atoms with Crippen LogP contribution in [0, 0.1) is 6.92 Å². The number of para-hydroxylation sites is 1. The third-order valence-electron chi connectivity index (χ3n) is 2.76. The van der Waals surface area contributed by atoms with Gasteiger partial charge in [0.15, 0.2) is 0 Å². The van der Waals surface area contributed by atoms with Crippen molar-refractivity contribution in [3.63, 3.8) is 0 Å². The zero-order valence-electron chi connectivity index (χ0n) is 10.1. The molecule has 0 spiro atoms. The number of anilines is 2. The SMILES string of the molecule is Cc1cccc(N)c1NCC(C)c1nccs1. The lowest BCUT2D eigenvalue weighted by Gasteiger charge is -2.15. The molecule has 4 heteroatoms. The minimum Gasteiger partial charge on any atom is -0.397 e. The van der Waals surface area contributed by atoms with Crippen LogP contribution in [0.1, 0.15) is 23.4 Å². The Kier molecular flexibility index (Phi) is 3.64. The molecule has 1 heterocycles. The van der Waals surface area contributed by atoms with E-state index in [-0.39, 0.29) is 0 Å². The summed E-state index contributed by atoms with van der Waals surface area (Å²) in [7, 11) is 0. The zero-order valence-corrected chi connectivity index (χ0v) is 10.9. The van der Waals surface area contributed by atoms with E-state index in [4.69, 9.17) is 5.73 Å². The van der Waals surface area contributed by atoms with Gasteiger partial charge in [-0.25, -0.2) is 4.98 Å². The Bertz CT molecular complexity index is 459. The number of nitrogens with zero attached hydrogens (tertiary/aromatic N) is 1. The van der Waals surface area contributed by atoms with E-state index in [1.165, 1.54) is 5.56 Å². The van der Waals surface area contributed by atoms with Gasteiger partial charge in [0.25, 0.3) is 0 Å². The van der Waals surface area contributed by atoms with Gasteiger partial charge in [-0.05, 0) is 18.6 Å². The van der Waals surface area contributed by atoms with Crippen molar-refractivity contribution >= 4 is 22.7 Å². The number of hydrogen-bond donors (Lipinski definition) is 2. The molecule has 2 aromatic rings. The molecule has 1 atom stereocenters. The van der Waals surface area contributed by atoms with Gasteiger partial charge in [0.2, 0.25) is 0 Å². The molecule has 90 valence electrons. The first-order valence-corrected chi connectivity index (χ1v) is 6.55. The van der Waals surface area contributed by atoms with Gasteiger partial charge >= 0.3 is 0 Å².